The van der Waals surface area contributed by atoms with E-state index in [1.807, 2.05) is 6.08 Å². The highest BCUT2D eigenvalue weighted by Crippen LogP contribution is 2.10. The molecule has 0 N–H and O–H groups in total. The summed E-state index contributed by atoms with van der Waals surface area (Å²) in [4.78, 5) is 0. The summed E-state index contributed by atoms with van der Waals surface area (Å²) in [6.45, 7) is 8.00. The molecule has 0 amide bonds. The van der Waals surface area contributed by atoms with Crippen LogP contribution in [0.25, 0.3) is 11.0 Å². The molecule has 0 aliphatic heterocycles. The topological polar surface area (TPSA) is 75.2 Å². The summed E-state index contributed by atoms with van der Waals surface area (Å²) < 4.78 is 35.6. The summed E-state index contributed by atoms with van der Waals surface area (Å²) in [5, 5.41) is 0. The minimum atomic E-state index is -4.41. The van der Waals surface area contributed by atoms with E-state index in [0.717, 1.165) is 20.2 Å². The van der Waals surface area contributed by atoms with Crippen LogP contribution in [-0.4, -0.2) is 24.6 Å². The van der Waals surface area contributed by atoms with Crippen LogP contribution in [0.5, 0.6) is 0 Å². The lowest BCUT2D eigenvalue weighted by molar-refractivity contribution is -0.672. The molecule has 0 bridgehead atoms. The number of allylic oxidation sites excluding steroid dienone is 1. The first-order chi connectivity index (χ1) is 10.4. The van der Waals surface area contributed by atoms with Gasteiger partial charge in [-0.3, -0.25) is 4.18 Å². The predicted octanol–water partition coefficient (Wildman–Crippen LogP) is 2.01. The molecule has 7 heteroatoms. The molecule has 0 spiro atoms. The van der Waals surface area contributed by atoms with E-state index in [4.69, 9.17) is 0 Å². The van der Waals surface area contributed by atoms with Crippen molar-refractivity contribution < 1.29 is 21.7 Å². The van der Waals surface area contributed by atoms with Gasteiger partial charge in [-0.05, 0) is 18.6 Å². The third kappa shape index (κ3) is 5.59. The van der Waals surface area contributed by atoms with Gasteiger partial charge in [0, 0.05) is 0 Å². The van der Waals surface area contributed by atoms with Crippen molar-refractivity contribution in [3.63, 3.8) is 0 Å². The molecule has 0 aliphatic rings. The number of nitrogens with zero attached hydrogens (tertiary/aromatic N) is 2. The molecule has 6 nitrogen and oxygen atoms in total. The van der Waals surface area contributed by atoms with Crippen molar-refractivity contribution in [2.75, 3.05) is 7.11 Å². The Morgan fingerprint density at radius 1 is 1.41 bits per heavy atom. The molecule has 0 radical (unpaired) electrons. The Bertz CT molecular complexity index is 707. The van der Waals surface area contributed by atoms with Crippen molar-refractivity contribution in [2.24, 2.45) is 0 Å². The van der Waals surface area contributed by atoms with Crippen LogP contribution in [0.3, 0.4) is 0 Å². The van der Waals surface area contributed by atoms with Gasteiger partial charge >= 0.3 is 0 Å². The van der Waals surface area contributed by atoms with Gasteiger partial charge in [0.25, 0.3) is 0 Å². The predicted molar refractivity (Wildman–Crippen MR) is 83.9 cm³/mol. The Labute approximate surface area is 131 Å². The van der Waals surface area contributed by atoms with E-state index < -0.39 is 10.4 Å². The van der Waals surface area contributed by atoms with E-state index in [9.17, 15) is 13.0 Å². The Morgan fingerprint density at radius 2 is 2.05 bits per heavy atom. The van der Waals surface area contributed by atoms with Crippen LogP contribution >= 0.6 is 0 Å². The van der Waals surface area contributed by atoms with E-state index in [2.05, 4.69) is 57.4 Å². The zero-order valence-corrected chi connectivity index (χ0v) is 13.8. The summed E-state index contributed by atoms with van der Waals surface area (Å²) in [6.07, 6.45) is 6.60. The van der Waals surface area contributed by atoms with E-state index in [1.54, 1.807) is 0 Å². The Kier molecular flexibility index (Phi) is 7.23. The second-order valence-corrected chi connectivity index (χ2v) is 5.82. The minimum absolute atomic E-state index is 0.808. The summed E-state index contributed by atoms with van der Waals surface area (Å²) in [5.41, 5.74) is 2.61. The standard InChI is InChI=1S/C14H19N2.CH4O4S/c1-3-5-11-16-12-15(10-4-2)13-8-6-7-9-14(13)16;1-5-6(2,3)4/h4,6-9,12H,2-3,5,10-11H2,1H3;1H3,(H,2,3,4)/q+1;/p-1. The Balaban J connectivity index is 0.000000346. The fourth-order valence-electron chi connectivity index (χ4n) is 2.03. The van der Waals surface area contributed by atoms with Gasteiger partial charge < -0.3 is 4.55 Å². The molecule has 1 aromatic carbocycles. The largest absolute Gasteiger partial charge is 0.726 e. The fourth-order valence-corrected chi connectivity index (χ4v) is 2.03. The fraction of sp³-hybridized carbons (Fsp3) is 0.400. The number of benzene rings is 1. The lowest BCUT2D eigenvalue weighted by Crippen LogP contribution is -2.32. The van der Waals surface area contributed by atoms with Gasteiger partial charge in [0.2, 0.25) is 16.7 Å². The van der Waals surface area contributed by atoms with Gasteiger partial charge in [-0.1, -0.05) is 38.1 Å². The van der Waals surface area contributed by atoms with Crippen LogP contribution in [0, 0.1) is 0 Å². The van der Waals surface area contributed by atoms with E-state index in [0.29, 0.717) is 0 Å². The SMILES string of the molecule is C=CCn1c[n+](CCCC)c2ccccc21.COS(=O)(=O)[O-]. The molecular formula is C15H22N2O4S. The molecule has 2 rings (SSSR count). The molecule has 22 heavy (non-hydrogen) atoms. The highest BCUT2D eigenvalue weighted by atomic mass is 32.3. The highest BCUT2D eigenvalue weighted by molar-refractivity contribution is 7.80. The Hall–Kier alpha value is -1.70. The summed E-state index contributed by atoms with van der Waals surface area (Å²) >= 11 is 0. The number of imidazole rings is 1. The quantitative estimate of drug-likeness (QED) is 0.352. The number of unbranched alkanes of at least 4 members (excludes halogenated alkanes) is 1. The normalized spacial score (nSPS) is 11.0. The average molecular weight is 326 g/mol. The molecule has 0 aliphatic carbocycles. The van der Waals surface area contributed by atoms with Crippen LogP contribution in [0.1, 0.15) is 19.8 Å². The van der Waals surface area contributed by atoms with Crippen LogP contribution in [0.2, 0.25) is 0 Å². The third-order valence-electron chi connectivity index (χ3n) is 3.06. The van der Waals surface area contributed by atoms with Crippen molar-refractivity contribution in [3.05, 3.63) is 43.2 Å². The van der Waals surface area contributed by atoms with Gasteiger partial charge in [-0.25, -0.2) is 17.6 Å². The number of aryl methyl sites for hydroxylation is 1. The second-order valence-electron chi connectivity index (χ2n) is 4.67. The van der Waals surface area contributed by atoms with Gasteiger partial charge in [0.1, 0.15) is 6.54 Å². The number of hydrogen-bond acceptors (Lipinski definition) is 4. The van der Waals surface area contributed by atoms with Crippen molar-refractivity contribution in [2.45, 2.75) is 32.9 Å². The second kappa shape index (κ2) is 8.67. The van der Waals surface area contributed by atoms with Crippen molar-refractivity contribution in [1.29, 1.82) is 0 Å². The van der Waals surface area contributed by atoms with Crippen LogP contribution in [-0.2, 0) is 27.7 Å². The van der Waals surface area contributed by atoms with E-state index in [-0.39, 0.29) is 0 Å². The minimum Gasteiger partial charge on any atom is -0.726 e. The molecule has 2 aromatic rings. The molecule has 0 fully saturated rings. The van der Waals surface area contributed by atoms with Gasteiger partial charge in [-0.15, -0.1) is 0 Å². The third-order valence-corrected chi connectivity index (χ3v) is 3.47. The first kappa shape index (κ1) is 18.3. The molecule has 1 heterocycles. The number of rotatable bonds is 6. The molecular weight excluding hydrogens is 304 g/mol. The van der Waals surface area contributed by atoms with Gasteiger partial charge in [0.05, 0.1) is 13.7 Å². The van der Waals surface area contributed by atoms with Crippen molar-refractivity contribution in [1.82, 2.24) is 4.57 Å². The summed E-state index contributed by atoms with van der Waals surface area (Å²) in [6, 6.07) is 8.54. The molecule has 0 atom stereocenters. The first-order valence-electron chi connectivity index (χ1n) is 7.02. The van der Waals surface area contributed by atoms with Crippen molar-refractivity contribution in [3.8, 4) is 0 Å². The first-order valence-corrected chi connectivity index (χ1v) is 8.36. The maximum absolute atomic E-state index is 9.22. The monoisotopic (exact) mass is 326 g/mol. The van der Waals surface area contributed by atoms with Crippen molar-refractivity contribution >= 4 is 21.4 Å². The average Bonchev–Trinajstić information content (AvgIpc) is 2.84. The molecule has 1 aromatic heterocycles. The van der Waals surface area contributed by atoms with E-state index >= 15 is 0 Å². The smallest absolute Gasteiger partial charge is 0.245 e. The Morgan fingerprint density at radius 3 is 2.59 bits per heavy atom. The van der Waals surface area contributed by atoms with Crippen LogP contribution in [0.4, 0.5) is 0 Å². The molecule has 0 saturated carbocycles. The summed E-state index contributed by atoms with van der Waals surface area (Å²) in [5.74, 6) is 0. The number of fused-ring (bicyclic) bond motifs is 1. The lowest BCUT2D eigenvalue weighted by atomic mass is 10.3. The van der Waals surface area contributed by atoms with Crippen LogP contribution in [0.15, 0.2) is 43.2 Å². The molecule has 122 valence electrons. The summed E-state index contributed by atoms with van der Waals surface area (Å²) in [7, 11) is -3.60. The maximum atomic E-state index is 9.22. The van der Waals surface area contributed by atoms with E-state index in [1.165, 1.54) is 23.9 Å². The van der Waals surface area contributed by atoms with Crippen LogP contribution < -0.4 is 4.57 Å². The zero-order valence-electron chi connectivity index (χ0n) is 12.9. The number of hydrogen-bond donors (Lipinski definition) is 0. The van der Waals surface area contributed by atoms with Gasteiger partial charge in [0.15, 0.2) is 11.0 Å². The number of para-hydroxylation sites is 2. The maximum Gasteiger partial charge on any atom is 0.245 e. The lowest BCUT2D eigenvalue weighted by Gasteiger charge is -1.98. The molecule has 0 unspecified atom stereocenters. The van der Waals surface area contributed by atoms with Gasteiger partial charge in [-0.2, -0.15) is 0 Å². The molecule has 0 saturated heterocycles. The highest BCUT2D eigenvalue weighted by Gasteiger charge is 2.12. The zero-order chi connectivity index (χ0) is 16.6. The number of aromatic nitrogens is 2.